The van der Waals surface area contributed by atoms with Crippen LogP contribution in [0, 0.1) is 11.7 Å². The number of benzene rings is 1. The SMILES string of the molecule is O=C(O)[C@@H]1CN(C(=O)C(F)(F)F)C[C@H]1c1ccc(F)cc1. The molecule has 1 saturated heterocycles. The summed E-state index contributed by atoms with van der Waals surface area (Å²) < 4.78 is 50.1. The molecule has 8 heteroatoms. The van der Waals surface area contributed by atoms with Gasteiger partial charge in [0.1, 0.15) is 5.82 Å². The van der Waals surface area contributed by atoms with Gasteiger partial charge in [-0.3, -0.25) is 9.59 Å². The smallest absolute Gasteiger partial charge is 0.471 e. The van der Waals surface area contributed by atoms with Gasteiger partial charge in [-0.25, -0.2) is 4.39 Å². The van der Waals surface area contributed by atoms with Gasteiger partial charge in [-0.1, -0.05) is 12.1 Å². The van der Waals surface area contributed by atoms with Gasteiger partial charge in [-0.05, 0) is 17.7 Å². The van der Waals surface area contributed by atoms with Crippen LogP contribution in [-0.2, 0) is 9.59 Å². The molecule has 0 radical (unpaired) electrons. The van der Waals surface area contributed by atoms with Gasteiger partial charge in [-0.2, -0.15) is 13.2 Å². The Bertz CT molecular complexity index is 556. The Morgan fingerprint density at radius 3 is 2.19 bits per heavy atom. The second-order valence-corrected chi connectivity index (χ2v) is 4.81. The molecule has 1 aliphatic heterocycles. The first-order valence-corrected chi connectivity index (χ1v) is 6.04. The van der Waals surface area contributed by atoms with E-state index in [4.69, 9.17) is 5.11 Å². The predicted octanol–water partition coefficient (Wildman–Crippen LogP) is 2.01. The van der Waals surface area contributed by atoms with Gasteiger partial charge in [0.15, 0.2) is 0 Å². The number of nitrogens with zero attached hydrogens (tertiary/aromatic N) is 1. The first-order chi connectivity index (χ1) is 9.70. The highest BCUT2D eigenvalue weighted by Gasteiger charge is 2.48. The van der Waals surface area contributed by atoms with E-state index in [2.05, 4.69) is 0 Å². The molecule has 0 spiro atoms. The number of halogens is 4. The van der Waals surface area contributed by atoms with E-state index in [0.29, 0.717) is 10.5 Å². The molecular formula is C13H11F4NO3. The van der Waals surface area contributed by atoms with Crippen LogP contribution >= 0.6 is 0 Å². The number of hydrogen-bond donors (Lipinski definition) is 1. The highest BCUT2D eigenvalue weighted by atomic mass is 19.4. The number of rotatable bonds is 2. The Kier molecular flexibility index (Phi) is 3.89. The molecule has 1 aromatic rings. The first-order valence-electron chi connectivity index (χ1n) is 6.04. The van der Waals surface area contributed by atoms with Crippen LogP contribution < -0.4 is 0 Å². The average molecular weight is 305 g/mol. The van der Waals surface area contributed by atoms with Crippen molar-refractivity contribution < 1.29 is 32.3 Å². The number of carboxylic acids is 1. The Balaban J connectivity index is 2.26. The van der Waals surface area contributed by atoms with E-state index < -0.39 is 42.3 Å². The summed E-state index contributed by atoms with van der Waals surface area (Å²) in [6, 6.07) is 4.83. The number of amides is 1. The molecular weight excluding hydrogens is 294 g/mol. The van der Waals surface area contributed by atoms with Crippen molar-refractivity contribution in [1.29, 1.82) is 0 Å². The lowest BCUT2D eigenvalue weighted by Crippen LogP contribution is -2.40. The summed E-state index contributed by atoms with van der Waals surface area (Å²) in [6.07, 6.45) is -5.04. The van der Waals surface area contributed by atoms with Crippen LogP contribution in [-0.4, -0.2) is 41.1 Å². The topological polar surface area (TPSA) is 57.6 Å². The van der Waals surface area contributed by atoms with Crippen LogP contribution in [0.2, 0.25) is 0 Å². The average Bonchev–Trinajstić information content (AvgIpc) is 2.82. The maximum Gasteiger partial charge on any atom is 0.471 e. The monoisotopic (exact) mass is 305 g/mol. The van der Waals surface area contributed by atoms with Crippen molar-refractivity contribution in [1.82, 2.24) is 4.90 Å². The minimum absolute atomic E-state index is 0.360. The lowest BCUT2D eigenvalue weighted by molar-refractivity contribution is -0.184. The van der Waals surface area contributed by atoms with E-state index in [1.165, 1.54) is 12.1 Å². The van der Waals surface area contributed by atoms with E-state index in [1.807, 2.05) is 0 Å². The zero-order valence-corrected chi connectivity index (χ0v) is 10.6. The maximum atomic E-state index is 12.9. The number of alkyl halides is 3. The Morgan fingerprint density at radius 1 is 1.14 bits per heavy atom. The highest BCUT2D eigenvalue weighted by molar-refractivity contribution is 5.83. The summed E-state index contributed by atoms with van der Waals surface area (Å²) in [5.41, 5.74) is 0.390. The summed E-state index contributed by atoms with van der Waals surface area (Å²) in [5, 5.41) is 9.11. The van der Waals surface area contributed by atoms with Crippen molar-refractivity contribution in [2.24, 2.45) is 5.92 Å². The molecule has 21 heavy (non-hydrogen) atoms. The van der Waals surface area contributed by atoms with Gasteiger partial charge in [0, 0.05) is 19.0 Å². The largest absolute Gasteiger partial charge is 0.481 e. The molecule has 0 saturated carbocycles. The summed E-state index contributed by atoms with van der Waals surface area (Å²) in [4.78, 5) is 22.9. The number of likely N-dealkylation sites (tertiary alicyclic amines) is 1. The molecule has 0 unspecified atom stereocenters. The van der Waals surface area contributed by atoms with Crippen LogP contribution in [0.15, 0.2) is 24.3 Å². The van der Waals surface area contributed by atoms with Crippen molar-refractivity contribution in [2.45, 2.75) is 12.1 Å². The van der Waals surface area contributed by atoms with Gasteiger partial charge in [0.25, 0.3) is 0 Å². The Labute approximate surface area is 117 Å². The summed E-state index contributed by atoms with van der Waals surface area (Å²) >= 11 is 0. The van der Waals surface area contributed by atoms with E-state index >= 15 is 0 Å². The lowest BCUT2D eigenvalue weighted by atomic mass is 9.89. The van der Waals surface area contributed by atoms with Gasteiger partial charge < -0.3 is 10.0 Å². The fourth-order valence-electron chi connectivity index (χ4n) is 2.45. The third-order valence-corrected chi connectivity index (χ3v) is 3.46. The molecule has 0 bridgehead atoms. The van der Waals surface area contributed by atoms with Gasteiger partial charge in [0.05, 0.1) is 5.92 Å². The quantitative estimate of drug-likeness (QED) is 0.850. The molecule has 1 N–H and O–H groups in total. The van der Waals surface area contributed by atoms with Crippen molar-refractivity contribution in [2.75, 3.05) is 13.1 Å². The molecule has 2 atom stereocenters. The zero-order chi connectivity index (χ0) is 15.8. The molecule has 1 fully saturated rings. The number of hydrogen-bond acceptors (Lipinski definition) is 2. The third kappa shape index (κ3) is 3.14. The Morgan fingerprint density at radius 2 is 1.71 bits per heavy atom. The van der Waals surface area contributed by atoms with E-state index in [1.54, 1.807) is 0 Å². The van der Waals surface area contributed by atoms with Crippen LogP contribution in [0.3, 0.4) is 0 Å². The van der Waals surface area contributed by atoms with Crippen LogP contribution in [0.5, 0.6) is 0 Å². The molecule has 114 valence electrons. The molecule has 1 aliphatic rings. The van der Waals surface area contributed by atoms with Crippen molar-refractivity contribution in [3.8, 4) is 0 Å². The van der Waals surface area contributed by atoms with E-state index in [9.17, 15) is 27.2 Å². The molecule has 1 aromatic carbocycles. The van der Waals surface area contributed by atoms with Crippen LogP contribution in [0.1, 0.15) is 11.5 Å². The maximum absolute atomic E-state index is 12.9. The minimum atomic E-state index is -5.04. The van der Waals surface area contributed by atoms with Gasteiger partial charge >= 0.3 is 18.1 Å². The summed E-state index contributed by atoms with van der Waals surface area (Å²) in [5.74, 6) is -5.83. The lowest BCUT2D eigenvalue weighted by Gasteiger charge is -2.17. The van der Waals surface area contributed by atoms with Gasteiger partial charge in [-0.15, -0.1) is 0 Å². The first kappa shape index (κ1) is 15.3. The molecule has 4 nitrogen and oxygen atoms in total. The second kappa shape index (κ2) is 5.34. The normalized spacial score (nSPS) is 22.4. The van der Waals surface area contributed by atoms with Crippen molar-refractivity contribution >= 4 is 11.9 Å². The van der Waals surface area contributed by atoms with Gasteiger partial charge in [0.2, 0.25) is 0 Å². The molecule has 2 rings (SSSR count). The second-order valence-electron chi connectivity index (χ2n) is 4.81. The van der Waals surface area contributed by atoms with Crippen LogP contribution in [0.4, 0.5) is 17.6 Å². The van der Waals surface area contributed by atoms with Crippen molar-refractivity contribution in [3.05, 3.63) is 35.6 Å². The molecule has 1 heterocycles. The molecule has 0 aromatic heterocycles. The summed E-state index contributed by atoms with van der Waals surface area (Å²) in [6.45, 7) is -0.878. The Hall–Kier alpha value is -2.12. The fourth-order valence-corrected chi connectivity index (χ4v) is 2.45. The molecule has 1 amide bonds. The third-order valence-electron chi connectivity index (χ3n) is 3.46. The highest BCUT2D eigenvalue weighted by Crippen LogP contribution is 2.35. The number of carbonyl (C=O) groups is 2. The van der Waals surface area contributed by atoms with Crippen molar-refractivity contribution in [3.63, 3.8) is 0 Å². The summed E-state index contributed by atoms with van der Waals surface area (Å²) in [7, 11) is 0. The fraction of sp³-hybridized carbons (Fsp3) is 0.385. The zero-order valence-electron chi connectivity index (χ0n) is 10.6. The predicted molar refractivity (Wildman–Crippen MR) is 62.9 cm³/mol. The number of aliphatic carboxylic acids is 1. The number of carboxylic acid groups (broad SMARTS) is 1. The van der Waals surface area contributed by atoms with E-state index in [-0.39, 0.29) is 6.54 Å². The number of carbonyl (C=O) groups excluding carboxylic acids is 1. The van der Waals surface area contributed by atoms with Crippen LogP contribution in [0.25, 0.3) is 0 Å². The minimum Gasteiger partial charge on any atom is -0.481 e. The standard InChI is InChI=1S/C13H11F4NO3/c14-8-3-1-7(2-4-8)9-5-18(6-10(9)11(19)20)12(21)13(15,16)17/h1-4,9-10H,5-6H2,(H,19,20)/t9-,10+/m0/s1. The van der Waals surface area contributed by atoms with E-state index in [0.717, 1.165) is 12.1 Å². The molecule has 0 aliphatic carbocycles.